The van der Waals surface area contributed by atoms with Gasteiger partial charge in [-0.25, -0.2) is 18.3 Å². The summed E-state index contributed by atoms with van der Waals surface area (Å²) in [4.78, 5) is 8.86. The minimum atomic E-state index is -0.440. The number of aromatic nitrogens is 3. The molecule has 2 unspecified atom stereocenters. The molecule has 8 heteroatoms. The van der Waals surface area contributed by atoms with Crippen molar-refractivity contribution in [3.8, 4) is 0 Å². The van der Waals surface area contributed by atoms with E-state index in [9.17, 15) is 8.78 Å². The Balaban J connectivity index is 1.36. The Morgan fingerprint density at radius 3 is 2.89 bits per heavy atom. The molecular weight excluding hydrogens is 362 g/mol. The van der Waals surface area contributed by atoms with Crippen LogP contribution >= 0.6 is 0 Å². The van der Waals surface area contributed by atoms with E-state index in [0.717, 1.165) is 42.6 Å². The Bertz CT molecular complexity index is 1020. The number of nitrogens with zero attached hydrogens (tertiary/aromatic N) is 5. The fourth-order valence-electron chi connectivity index (χ4n) is 4.74. The molecule has 3 aromatic rings. The van der Waals surface area contributed by atoms with Crippen LogP contribution in [0.15, 0.2) is 36.7 Å². The van der Waals surface area contributed by atoms with Gasteiger partial charge in [0, 0.05) is 55.2 Å². The number of rotatable bonds is 2. The van der Waals surface area contributed by atoms with Crippen LogP contribution in [0.3, 0.4) is 0 Å². The first-order valence-corrected chi connectivity index (χ1v) is 9.47. The summed E-state index contributed by atoms with van der Waals surface area (Å²) in [7, 11) is 1.93. The number of nitrogens with two attached hydrogens (primary N) is 1. The maximum absolute atomic E-state index is 14.3. The summed E-state index contributed by atoms with van der Waals surface area (Å²) >= 11 is 0. The van der Waals surface area contributed by atoms with Crippen LogP contribution in [-0.4, -0.2) is 50.1 Å². The maximum Gasteiger partial charge on any atom is 0.159 e. The minimum Gasteiger partial charge on any atom is -0.326 e. The van der Waals surface area contributed by atoms with Gasteiger partial charge in [-0.15, -0.1) is 0 Å². The van der Waals surface area contributed by atoms with Crippen LogP contribution in [0, 0.1) is 11.6 Å². The highest BCUT2D eigenvalue weighted by molar-refractivity contribution is 5.51. The lowest BCUT2D eigenvalue weighted by Crippen LogP contribution is -2.54. The van der Waals surface area contributed by atoms with Gasteiger partial charge in [0.1, 0.15) is 11.6 Å². The second-order valence-electron chi connectivity index (χ2n) is 7.82. The Morgan fingerprint density at radius 1 is 1.21 bits per heavy atom. The standard InChI is InChI=1S/C20H22F2N6/c1-26-9-13(8-17(23)19(26)14-7-12(21)3-4-16(14)22)27-10-15-18(11-27)25-28-6-2-5-24-20(15)28/h2-7,13,17,19H,8-11,23H2,1H3/t13?,17?,19-/m1/s1. The van der Waals surface area contributed by atoms with Crippen molar-refractivity contribution in [3.63, 3.8) is 0 Å². The monoisotopic (exact) mass is 384 g/mol. The van der Waals surface area contributed by atoms with Gasteiger partial charge in [0.25, 0.3) is 0 Å². The molecule has 2 aromatic heterocycles. The molecule has 0 saturated carbocycles. The van der Waals surface area contributed by atoms with Gasteiger partial charge in [0.15, 0.2) is 5.65 Å². The lowest BCUT2D eigenvalue weighted by molar-refractivity contribution is 0.0587. The molecule has 0 bridgehead atoms. The number of likely N-dealkylation sites (N-methyl/N-ethyl adjacent to an activating group) is 1. The van der Waals surface area contributed by atoms with Crippen LogP contribution in [0.5, 0.6) is 0 Å². The van der Waals surface area contributed by atoms with Crippen molar-refractivity contribution in [3.05, 3.63) is 65.1 Å². The van der Waals surface area contributed by atoms with Crippen molar-refractivity contribution >= 4 is 5.65 Å². The molecule has 2 aliphatic rings. The van der Waals surface area contributed by atoms with Crippen molar-refractivity contribution < 1.29 is 8.78 Å². The largest absolute Gasteiger partial charge is 0.326 e. The quantitative estimate of drug-likeness (QED) is 0.733. The number of fused-ring (bicyclic) bond motifs is 3. The summed E-state index contributed by atoms with van der Waals surface area (Å²) in [5, 5.41) is 4.64. The molecule has 1 saturated heterocycles. The highest BCUT2D eigenvalue weighted by atomic mass is 19.1. The number of hydrogen-bond donors (Lipinski definition) is 1. The van der Waals surface area contributed by atoms with E-state index in [1.54, 1.807) is 6.20 Å². The van der Waals surface area contributed by atoms with Gasteiger partial charge in [0.05, 0.1) is 11.7 Å². The highest BCUT2D eigenvalue weighted by Crippen LogP contribution is 2.35. The van der Waals surface area contributed by atoms with Crippen molar-refractivity contribution in [1.29, 1.82) is 0 Å². The van der Waals surface area contributed by atoms with Gasteiger partial charge >= 0.3 is 0 Å². The molecule has 4 heterocycles. The molecule has 1 fully saturated rings. The smallest absolute Gasteiger partial charge is 0.159 e. The second-order valence-corrected chi connectivity index (χ2v) is 7.82. The van der Waals surface area contributed by atoms with E-state index in [4.69, 9.17) is 5.73 Å². The van der Waals surface area contributed by atoms with E-state index < -0.39 is 11.6 Å². The lowest BCUT2D eigenvalue weighted by Gasteiger charge is -2.44. The van der Waals surface area contributed by atoms with E-state index in [2.05, 4.69) is 15.0 Å². The number of hydrogen-bond acceptors (Lipinski definition) is 5. The third kappa shape index (κ3) is 2.80. The molecule has 1 aromatic carbocycles. The topological polar surface area (TPSA) is 62.7 Å². The number of halogens is 2. The Kier molecular flexibility index (Phi) is 4.15. The fourth-order valence-corrected chi connectivity index (χ4v) is 4.74. The summed E-state index contributed by atoms with van der Waals surface area (Å²) < 4.78 is 29.8. The second kappa shape index (κ2) is 6.58. The van der Waals surface area contributed by atoms with E-state index in [1.165, 1.54) is 12.1 Å². The van der Waals surface area contributed by atoms with Crippen LogP contribution in [0.4, 0.5) is 8.78 Å². The summed E-state index contributed by atoms with van der Waals surface area (Å²) in [6.45, 7) is 2.26. The first-order chi connectivity index (χ1) is 13.5. The predicted octanol–water partition coefficient (Wildman–Crippen LogP) is 2.10. The van der Waals surface area contributed by atoms with E-state index in [-0.39, 0.29) is 18.1 Å². The maximum atomic E-state index is 14.3. The number of likely N-dealkylation sites (tertiary alicyclic amines) is 1. The summed E-state index contributed by atoms with van der Waals surface area (Å²) in [5.74, 6) is -0.850. The molecular formula is C20H22F2N6. The van der Waals surface area contributed by atoms with Crippen molar-refractivity contribution in [1.82, 2.24) is 24.4 Å². The molecule has 0 radical (unpaired) electrons. The Hall–Kier alpha value is -2.42. The highest BCUT2D eigenvalue weighted by Gasteiger charge is 2.39. The molecule has 2 aliphatic heterocycles. The minimum absolute atomic E-state index is 0.228. The van der Waals surface area contributed by atoms with Gasteiger partial charge < -0.3 is 5.73 Å². The summed E-state index contributed by atoms with van der Waals surface area (Å²) in [6, 6.07) is 5.06. The average Bonchev–Trinajstić information content (AvgIpc) is 3.22. The van der Waals surface area contributed by atoms with Gasteiger partial charge in [-0.2, -0.15) is 5.10 Å². The fraction of sp³-hybridized carbons (Fsp3) is 0.400. The van der Waals surface area contributed by atoms with Crippen LogP contribution in [0.2, 0.25) is 0 Å². The first-order valence-electron chi connectivity index (χ1n) is 9.47. The van der Waals surface area contributed by atoms with Crippen LogP contribution in [-0.2, 0) is 13.1 Å². The Morgan fingerprint density at radius 2 is 2.07 bits per heavy atom. The van der Waals surface area contributed by atoms with Crippen molar-refractivity contribution in [2.24, 2.45) is 5.73 Å². The lowest BCUT2D eigenvalue weighted by atomic mass is 9.88. The van der Waals surface area contributed by atoms with Crippen LogP contribution in [0.1, 0.15) is 29.3 Å². The predicted molar refractivity (Wildman–Crippen MR) is 100 cm³/mol. The van der Waals surface area contributed by atoms with Gasteiger partial charge in [-0.05, 0) is 37.7 Å². The third-order valence-corrected chi connectivity index (χ3v) is 6.00. The molecule has 146 valence electrons. The van der Waals surface area contributed by atoms with Crippen LogP contribution in [0.25, 0.3) is 5.65 Å². The molecule has 0 spiro atoms. The molecule has 3 atom stereocenters. The number of benzene rings is 1. The normalized spacial score (nSPS) is 26.1. The van der Waals surface area contributed by atoms with Gasteiger partial charge in [0.2, 0.25) is 0 Å². The molecule has 0 amide bonds. The number of piperidine rings is 1. The molecule has 0 aliphatic carbocycles. The van der Waals surface area contributed by atoms with E-state index >= 15 is 0 Å². The van der Waals surface area contributed by atoms with E-state index in [0.29, 0.717) is 12.0 Å². The third-order valence-electron chi connectivity index (χ3n) is 6.00. The Labute approximate surface area is 161 Å². The average molecular weight is 384 g/mol. The SMILES string of the molecule is CN1CC(N2Cc3nn4cccnc4c3C2)CC(N)[C@H]1c1cc(F)ccc1F. The summed E-state index contributed by atoms with van der Waals surface area (Å²) in [5.41, 5.74) is 9.90. The van der Waals surface area contributed by atoms with Crippen molar-refractivity contribution in [2.75, 3.05) is 13.6 Å². The molecule has 5 rings (SSSR count). The van der Waals surface area contributed by atoms with Gasteiger partial charge in [-0.1, -0.05) is 0 Å². The van der Waals surface area contributed by atoms with E-state index in [1.807, 2.05) is 28.7 Å². The summed E-state index contributed by atoms with van der Waals surface area (Å²) in [6.07, 6.45) is 4.41. The van der Waals surface area contributed by atoms with Crippen LogP contribution < -0.4 is 5.73 Å². The first kappa shape index (κ1) is 17.7. The molecule has 28 heavy (non-hydrogen) atoms. The van der Waals surface area contributed by atoms with Gasteiger partial charge in [-0.3, -0.25) is 9.80 Å². The zero-order valence-corrected chi connectivity index (χ0v) is 15.6. The van der Waals surface area contributed by atoms with Crippen molar-refractivity contribution in [2.45, 2.75) is 37.6 Å². The molecule has 6 nitrogen and oxygen atoms in total. The molecule has 2 N–H and O–H groups in total. The zero-order chi connectivity index (χ0) is 19.4. The zero-order valence-electron chi connectivity index (χ0n) is 15.6.